The number of halogens is 3. The molecule has 0 atom stereocenters. The molecule has 0 aliphatic carbocycles. The number of alkyl halides is 2. The van der Waals surface area contributed by atoms with E-state index in [0.717, 1.165) is 6.20 Å². The second-order valence-electron chi connectivity index (χ2n) is 6.61. The Bertz CT molecular complexity index is 1040. The fourth-order valence-corrected chi connectivity index (χ4v) is 2.49. The molecule has 0 unspecified atom stereocenters. The predicted molar refractivity (Wildman–Crippen MR) is 107 cm³/mol. The average molecular weight is 435 g/mol. The van der Waals surface area contributed by atoms with Crippen LogP contribution in [-0.4, -0.2) is 51.3 Å². The summed E-state index contributed by atoms with van der Waals surface area (Å²) in [4.78, 5) is 21.2. The molecular weight excluding hydrogens is 415 g/mol. The van der Waals surface area contributed by atoms with E-state index in [2.05, 4.69) is 30.4 Å². The highest BCUT2D eigenvalue weighted by molar-refractivity contribution is 5.75. The van der Waals surface area contributed by atoms with Gasteiger partial charge in [-0.25, -0.2) is 9.37 Å². The smallest absolute Gasteiger partial charge is 0.387 e. The monoisotopic (exact) mass is 435 g/mol. The highest BCUT2D eigenvalue weighted by Gasteiger charge is 2.11. The fourth-order valence-electron chi connectivity index (χ4n) is 2.49. The van der Waals surface area contributed by atoms with Crippen LogP contribution in [-0.2, 0) is 17.9 Å². The number of carbonyl (C=O) groups excluding carboxylic acids is 1. The van der Waals surface area contributed by atoms with Gasteiger partial charge in [0.15, 0.2) is 11.6 Å². The zero-order valence-corrected chi connectivity index (χ0v) is 16.7. The normalized spacial score (nSPS) is 10.8. The van der Waals surface area contributed by atoms with Crippen molar-refractivity contribution in [3.8, 4) is 5.75 Å². The zero-order valence-electron chi connectivity index (χ0n) is 16.7. The molecule has 1 amide bonds. The van der Waals surface area contributed by atoms with Gasteiger partial charge in [0.05, 0.1) is 18.1 Å². The molecule has 2 aromatic heterocycles. The molecule has 0 saturated carbocycles. The molecule has 0 bridgehead atoms. The first kappa shape index (κ1) is 21.9. The summed E-state index contributed by atoms with van der Waals surface area (Å²) in [5.41, 5.74) is 1.11. The Labute approximate surface area is 175 Å². The number of amides is 1. The van der Waals surface area contributed by atoms with Crippen molar-refractivity contribution in [1.29, 1.82) is 0 Å². The van der Waals surface area contributed by atoms with E-state index in [0.29, 0.717) is 11.3 Å². The van der Waals surface area contributed by atoms with Crippen LogP contribution in [0.15, 0.2) is 42.9 Å². The second-order valence-corrected chi connectivity index (χ2v) is 6.61. The number of likely N-dealkylation sites (N-methyl/N-ethyl adjacent to an activating group) is 1. The molecule has 0 spiro atoms. The minimum Gasteiger partial charge on any atom is -0.435 e. The van der Waals surface area contributed by atoms with Crippen molar-refractivity contribution in [2.24, 2.45) is 0 Å². The number of hydrogen-bond acceptors (Lipinski definition) is 7. The summed E-state index contributed by atoms with van der Waals surface area (Å²) in [6.07, 6.45) is 4.07. The molecule has 9 nitrogen and oxygen atoms in total. The molecule has 0 saturated heterocycles. The Balaban J connectivity index is 1.64. The Kier molecular flexibility index (Phi) is 6.90. The van der Waals surface area contributed by atoms with Crippen LogP contribution in [0.3, 0.4) is 0 Å². The van der Waals surface area contributed by atoms with E-state index in [1.165, 1.54) is 27.9 Å². The number of rotatable bonds is 9. The number of benzene rings is 1. The Morgan fingerprint density at radius 1 is 1.29 bits per heavy atom. The maximum absolute atomic E-state index is 14.1. The van der Waals surface area contributed by atoms with Crippen molar-refractivity contribution in [3.63, 3.8) is 0 Å². The third kappa shape index (κ3) is 6.32. The molecule has 0 aliphatic rings. The lowest BCUT2D eigenvalue weighted by Crippen LogP contribution is -2.26. The summed E-state index contributed by atoms with van der Waals surface area (Å²) < 4.78 is 44.6. The Morgan fingerprint density at radius 3 is 2.84 bits per heavy atom. The van der Waals surface area contributed by atoms with Gasteiger partial charge in [-0.3, -0.25) is 9.48 Å². The average Bonchev–Trinajstić information content (AvgIpc) is 3.14. The molecule has 164 valence electrons. The molecule has 1 aromatic carbocycles. The lowest BCUT2D eigenvalue weighted by Gasteiger charge is -2.10. The Hall–Kier alpha value is -3.83. The molecule has 0 fully saturated rings. The molecule has 0 radical (unpaired) electrons. The molecule has 31 heavy (non-hydrogen) atoms. The lowest BCUT2D eigenvalue weighted by molar-refractivity contribution is -0.129. The van der Waals surface area contributed by atoms with Crippen LogP contribution in [0.1, 0.15) is 5.56 Å². The number of aromatic nitrogens is 4. The number of nitrogens with one attached hydrogen (secondary N) is 2. The summed E-state index contributed by atoms with van der Waals surface area (Å²) in [6, 6.07) is 6.04. The van der Waals surface area contributed by atoms with Gasteiger partial charge < -0.3 is 20.3 Å². The van der Waals surface area contributed by atoms with Gasteiger partial charge >= 0.3 is 6.61 Å². The number of hydrogen-bond donors (Lipinski definition) is 2. The van der Waals surface area contributed by atoms with Gasteiger partial charge in [-0.05, 0) is 17.7 Å². The van der Waals surface area contributed by atoms with Gasteiger partial charge in [-0.15, -0.1) is 0 Å². The molecule has 3 rings (SSSR count). The highest BCUT2D eigenvalue weighted by Crippen LogP contribution is 2.19. The van der Waals surface area contributed by atoms with E-state index < -0.39 is 12.4 Å². The van der Waals surface area contributed by atoms with Gasteiger partial charge in [-0.2, -0.15) is 18.9 Å². The highest BCUT2D eigenvalue weighted by atomic mass is 19.3. The SMILES string of the molecule is CN(C)C(=O)Cn1cc(Nc2ncc(F)c(NCc3cccc(OC(F)F)c3)n2)cn1. The van der Waals surface area contributed by atoms with E-state index in [-0.39, 0.29) is 36.5 Å². The van der Waals surface area contributed by atoms with Crippen molar-refractivity contribution in [1.82, 2.24) is 24.6 Å². The van der Waals surface area contributed by atoms with E-state index in [1.54, 1.807) is 32.4 Å². The number of ether oxygens (including phenoxy) is 1. The van der Waals surface area contributed by atoms with Gasteiger partial charge in [0.25, 0.3) is 0 Å². The summed E-state index contributed by atoms with van der Waals surface area (Å²) in [7, 11) is 3.29. The molecule has 12 heteroatoms. The summed E-state index contributed by atoms with van der Waals surface area (Å²) in [5, 5.41) is 9.76. The van der Waals surface area contributed by atoms with Crippen LogP contribution in [0.25, 0.3) is 0 Å². The van der Waals surface area contributed by atoms with Crippen molar-refractivity contribution in [3.05, 3.63) is 54.2 Å². The third-order valence-corrected chi connectivity index (χ3v) is 4.01. The Morgan fingerprint density at radius 2 is 2.10 bits per heavy atom. The van der Waals surface area contributed by atoms with Crippen molar-refractivity contribution < 1.29 is 22.7 Å². The van der Waals surface area contributed by atoms with Gasteiger partial charge in [-0.1, -0.05) is 12.1 Å². The first-order chi connectivity index (χ1) is 14.8. The minimum absolute atomic E-state index is 0.00424. The number of nitrogens with zero attached hydrogens (tertiary/aromatic N) is 5. The largest absolute Gasteiger partial charge is 0.435 e. The van der Waals surface area contributed by atoms with Crippen molar-refractivity contribution >= 4 is 23.4 Å². The second kappa shape index (κ2) is 9.78. The van der Waals surface area contributed by atoms with Crippen LogP contribution in [0, 0.1) is 5.82 Å². The molecule has 2 heterocycles. The summed E-state index contributed by atoms with van der Waals surface area (Å²) >= 11 is 0. The lowest BCUT2D eigenvalue weighted by atomic mass is 10.2. The molecule has 3 aromatic rings. The topological polar surface area (TPSA) is 97.2 Å². The van der Waals surface area contributed by atoms with E-state index in [9.17, 15) is 18.0 Å². The molecule has 2 N–H and O–H groups in total. The van der Waals surface area contributed by atoms with E-state index >= 15 is 0 Å². The standard InChI is InChI=1S/C19H20F3N7O2/c1-28(2)16(30)11-29-10-13(8-25-29)26-19-24-9-15(20)17(27-19)23-7-12-4-3-5-14(6-12)31-18(21)22/h3-6,8-10,18H,7,11H2,1-2H3,(H2,23,24,26,27). The quantitative estimate of drug-likeness (QED) is 0.533. The summed E-state index contributed by atoms with van der Waals surface area (Å²) in [5.74, 6) is -0.769. The third-order valence-electron chi connectivity index (χ3n) is 4.01. The van der Waals surface area contributed by atoms with E-state index in [1.807, 2.05) is 0 Å². The predicted octanol–water partition coefficient (Wildman–Crippen LogP) is 2.86. The van der Waals surface area contributed by atoms with E-state index in [4.69, 9.17) is 0 Å². The van der Waals surface area contributed by atoms with Gasteiger partial charge in [0, 0.05) is 26.8 Å². The number of carbonyl (C=O) groups is 1. The van der Waals surface area contributed by atoms with Crippen LogP contribution in [0.2, 0.25) is 0 Å². The van der Waals surface area contributed by atoms with Gasteiger partial charge in [0.2, 0.25) is 11.9 Å². The fraction of sp³-hybridized carbons (Fsp3) is 0.263. The first-order valence-electron chi connectivity index (χ1n) is 9.10. The maximum Gasteiger partial charge on any atom is 0.387 e. The van der Waals surface area contributed by atoms with Crippen LogP contribution in [0.4, 0.5) is 30.6 Å². The number of anilines is 3. The van der Waals surface area contributed by atoms with Crippen LogP contribution in [0.5, 0.6) is 5.75 Å². The summed E-state index contributed by atoms with van der Waals surface area (Å²) in [6.45, 7) is -2.74. The first-order valence-corrected chi connectivity index (χ1v) is 9.10. The maximum atomic E-state index is 14.1. The van der Waals surface area contributed by atoms with Gasteiger partial charge in [0.1, 0.15) is 12.3 Å². The van der Waals surface area contributed by atoms with Crippen molar-refractivity contribution in [2.75, 3.05) is 24.7 Å². The zero-order chi connectivity index (χ0) is 22.4. The minimum atomic E-state index is -2.93. The van der Waals surface area contributed by atoms with Crippen LogP contribution < -0.4 is 15.4 Å². The van der Waals surface area contributed by atoms with Crippen molar-refractivity contribution in [2.45, 2.75) is 19.7 Å². The molecule has 0 aliphatic heterocycles. The molecular formula is C19H20F3N7O2. The van der Waals surface area contributed by atoms with Crippen LogP contribution >= 0.6 is 0 Å².